The van der Waals surface area contributed by atoms with Crippen molar-refractivity contribution >= 4 is 65.6 Å². The molecule has 0 bridgehead atoms. The molecule has 0 radical (unpaired) electrons. The van der Waals surface area contributed by atoms with E-state index in [1.165, 1.54) is 12.1 Å². The van der Waals surface area contributed by atoms with E-state index < -0.39 is 0 Å². The van der Waals surface area contributed by atoms with Gasteiger partial charge in [-0.15, -0.1) is 0 Å². The largest absolute Gasteiger partial charge is 0.455 e. The fourth-order valence-electron chi connectivity index (χ4n) is 7.00. The summed E-state index contributed by atoms with van der Waals surface area (Å²) in [5, 5.41) is 35.8. The van der Waals surface area contributed by atoms with Gasteiger partial charge in [-0.3, -0.25) is 0 Å². The molecule has 6 nitrogen and oxygen atoms in total. The molecule has 0 spiro atoms. The summed E-state index contributed by atoms with van der Waals surface area (Å²) in [6.45, 7) is 0. The second-order valence-electron chi connectivity index (χ2n) is 11.1. The van der Waals surface area contributed by atoms with Gasteiger partial charge in [-0.25, -0.2) is 0 Å². The molecule has 0 fully saturated rings. The minimum absolute atomic E-state index is 0.258. The molecule has 9 aromatic rings. The summed E-state index contributed by atoms with van der Waals surface area (Å²) in [4.78, 5) is 0. The Kier molecular flexibility index (Phi) is 5.00. The molecule has 3 aromatic heterocycles. The summed E-state index contributed by atoms with van der Waals surface area (Å²) < 4.78 is 11.2. The van der Waals surface area contributed by atoms with Crippen LogP contribution in [-0.4, -0.2) is 9.13 Å². The number of nitrogens with zero attached hydrogens (tertiary/aromatic N) is 5. The van der Waals surface area contributed by atoms with Crippen molar-refractivity contribution in [3.8, 4) is 29.6 Å². The van der Waals surface area contributed by atoms with Gasteiger partial charge in [0.15, 0.2) is 0 Å². The number of hydrogen-bond acceptors (Lipinski definition) is 4. The second-order valence-corrected chi connectivity index (χ2v) is 11.1. The first-order chi connectivity index (χ1) is 22.2. The smallest absolute Gasteiger partial charge is 0.145 e. The maximum atomic E-state index is 10.1. The number of rotatable bonds is 2. The van der Waals surface area contributed by atoms with Gasteiger partial charge in [-0.1, -0.05) is 54.6 Å². The van der Waals surface area contributed by atoms with Crippen LogP contribution >= 0.6 is 0 Å². The third-order valence-electron chi connectivity index (χ3n) is 8.79. The summed E-state index contributed by atoms with van der Waals surface area (Å²) in [5.41, 5.74) is 7.67. The van der Waals surface area contributed by atoms with Gasteiger partial charge in [-0.05, 0) is 60.7 Å². The standard InChI is InChI=1S/C39H19N5O/c40-20-23-18-24(21-41)37(25(19-23)22-42)44-32-13-7-5-11-30(32)36-34(44)17-15-28-27-14-16-33-35(38(27)45-39(28)36)29-10-4-6-12-31(29)43(33)26-8-2-1-3-9-26/h1-19H. The molecular formula is C39H19N5O. The van der Waals surface area contributed by atoms with Gasteiger partial charge < -0.3 is 13.6 Å². The summed E-state index contributed by atoms with van der Waals surface area (Å²) in [6, 6.07) is 44.7. The third-order valence-corrected chi connectivity index (χ3v) is 8.79. The molecule has 9 rings (SSSR count). The number of nitriles is 3. The SMILES string of the molecule is N#Cc1cc(C#N)c(-n2c3ccccc3c3c4oc5c(ccc6c5c5ccccc5n6-c5ccccc5)c4ccc32)c(C#N)c1. The molecule has 0 aliphatic heterocycles. The van der Waals surface area contributed by atoms with Crippen molar-refractivity contribution in [2.45, 2.75) is 0 Å². The lowest BCUT2D eigenvalue weighted by Gasteiger charge is -2.12. The Bertz CT molecular complexity index is 2810. The summed E-state index contributed by atoms with van der Waals surface area (Å²) in [7, 11) is 0. The monoisotopic (exact) mass is 573 g/mol. The highest BCUT2D eigenvalue weighted by Crippen LogP contribution is 2.45. The molecule has 0 atom stereocenters. The van der Waals surface area contributed by atoms with Crippen LogP contribution in [0, 0.1) is 34.0 Å². The van der Waals surface area contributed by atoms with E-state index in [0.29, 0.717) is 5.69 Å². The quantitative estimate of drug-likeness (QED) is 0.206. The molecule has 0 unspecified atom stereocenters. The van der Waals surface area contributed by atoms with Crippen LogP contribution in [0.15, 0.2) is 120 Å². The average molecular weight is 574 g/mol. The van der Waals surface area contributed by atoms with Gasteiger partial charge in [-0.2, -0.15) is 15.8 Å². The number of para-hydroxylation sites is 3. The number of hydrogen-bond donors (Lipinski definition) is 0. The van der Waals surface area contributed by atoms with Crippen molar-refractivity contribution in [3.05, 3.63) is 132 Å². The molecule has 0 amide bonds. The van der Waals surface area contributed by atoms with Gasteiger partial charge in [0, 0.05) is 27.2 Å². The normalized spacial score (nSPS) is 11.5. The minimum atomic E-state index is 0.258. The van der Waals surface area contributed by atoms with Crippen LogP contribution in [0.4, 0.5) is 0 Å². The molecule has 6 heteroatoms. The zero-order valence-corrected chi connectivity index (χ0v) is 23.6. The van der Waals surface area contributed by atoms with Gasteiger partial charge >= 0.3 is 0 Å². The van der Waals surface area contributed by atoms with E-state index in [0.717, 1.165) is 71.2 Å². The summed E-state index contributed by atoms with van der Waals surface area (Å²) in [5.74, 6) is 0. The molecule has 45 heavy (non-hydrogen) atoms. The molecule has 206 valence electrons. The molecule has 0 saturated heterocycles. The fourth-order valence-corrected chi connectivity index (χ4v) is 7.00. The van der Waals surface area contributed by atoms with E-state index in [1.54, 1.807) is 0 Å². The van der Waals surface area contributed by atoms with E-state index in [1.807, 2.05) is 53.1 Å². The van der Waals surface area contributed by atoms with Crippen LogP contribution in [0.1, 0.15) is 16.7 Å². The van der Waals surface area contributed by atoms with Gasteiger partial charge in [0.05, 0.1) is 61.3 Å². The zero-order valence-electron chi connectivity index (χ0n) is 23.6. The van der Waals surface area contributed by atoms with Crippen molar-refractivity contribution in [3.63, 3.8) is 0 Å². The molecular weight excluding hydrogens is 554 g/mol. The van der Waals surface area contributed by atoms with E-state index in [-0.39, 0.29) is 16.7 Å². The lowest BCUT2D eigenvalue weighted by atomic mass is 10.0. The van der Waals surface area contributed by atoms with E-state index >= 15 is 0 Å². The molecule has 0 saturated carbocycles. The Labute approximate surface area is 256 Å². The molecule has 0 N–H and O–H groups in total. The zero-order chi connectivity index (χ0) is 30.2. The Hall–Kier alpha value is -6.81. The highest BCUT2D eigenvalue weighted by atomic mass is 16.3. The molecule has 6 aromatic carbocycles. The summed E-state index contributed by atoms with van der Waals surface area (Å²) in [6.07, 6.45) is 0. The number of aromatic nitrogens is 2. The predicted molar refractivity (Wildman–Crippen MR) is 177 cm³/mol. The van der Waals surface area contributed by atoms with Crippen molar-refractivity contribution in [1.29, 1.82) is 15.8 Å². The first kappa shape index (κ1) is 24.8. The van der Waals surface area contributed by atoms with Crippen molar-refractivity contribution in [2.24, 2.45) is 0 Å². The number of benzene rings is 6. The second kappa shape index (κ2) is 9.09. The lowest BCUT2D eigenvalue weighted by Crippen LogP contribution is -2.02. The topological polar surface area (TPSA) is 94.4 Å². The Balaban J connectivity index is 1.45. The Morgan fingerprint density at radius 1 is 0.467 bits per heavy atom. The maximum absolute atomic E-state index is 10.1. The predicted octanol–water partition coefficient (Wildman–Crippen LogP) is 9.40. The Morgan fingerprint density at radius 3 is 1.53 bits per heavy atom. The molecule has 0 aliphatic rings. The van der Waals surface area contributed by atoms with Crippen molar-refractivity contribution in [2.75, 3.05) is 0 Å². The van der Waals surface area contributed by atoms with E-state index in [9.17, 15) is 15.8 Å². The number of furan rings is 1. The van der Waals surface area contributed by atoms with Crippen LogP contribution in [0.5, 0.6) is 0 Å². The van der Waals surface area contributed by atoms with Crippen molar-refractivity contribution < 1.29 is 4.42 Å². The first-order valence-corrected chi connectivity index (χ1v) is 14.5. The molecule has 3 heterocycles. The fraction of sp³-hybridized carbons (Fsp3) is 0. The van der Waals surface area contributed by atoms with E-state index in [2.05, 4.69) is 77.4 Å². The lowest BCUT2D eigenvalue weighted by molar-refractivity contribution is 0.677. The third kappa shape index (κ3) is 3.24. The van der Waals surface area contributed by atoms with Gasteiger partial charge in [0.25, 0.3) is 0 Å². The van der Waals surface area contributed by atoms with Crippen LogP contribution < -0.4 is 0 Å². The van der Waals surface area contributed by atoms with Gasteiger partial charge in [0.2, 0.25) is 0 Å². The minimum Gasteiger partial charge on any atom is -0.455 e. The highest BCUT2D eigenvalue weighted by molar-refractivity contribution is 6.29. The van der Waals surface area contributed by atoms with Crippen molar-refractivity contribution in [1.82, 2.24) is 9.13 Å². The average Bonchev–Trinajstić information content (AvgIpc) is 3.75. The van der Waals surface area contributed by atoms with Crippen LogP contribution in [-0.2, 0) is 0 Å². The molecule has 0 aliphatic carbocycles. The Morgan fingerprint density at radius 2 is 0.978 bits per heavy atom. The maximum Gasteiger partial charge on any atom is 0.145 e. The first-order valence-electron chi connectivity index (χ1n) is 14.5. The van der Waals surface area contributed by atoms with Crippen LogP contribution in [0.3, 0.4) is 0 Å². The van der Waals surface area contributed by atoms with Crippen LogP contribution in [0.25, 0.3) is 76.9 Å². The number of fused-ring (bicyclic) bond motifs is 11. The summed E-state index contributed by atoms with van der Waals surface area (Å²) >= 11 is 0. The van der Waals surface area contributed by atoms with Gasteiger partial charge in [0.1, 0.15) is 23.3 Å². The van der Waals surface area contributed by atoms with E-state index in [4.69, 9.17) is 4.42 Å². The van der Waals surface area contributed by atoms with Crippen LogP contribution in [0.2, 0.25) is 0 Å². The highest BCUT2D eigenvalue weighted by Gasteiger charge is 2.24.